The first kappa shape index (κ1) is 22.3. The summed E-state index contributed by atoms with van der Waals surface area (Å²) in [5.74, 6) is 0. The van der Waals surface area contributed by atoms with Gasteiger partial charge in [0.25, 0.3) is 5.09 Å². The number of aliphatic hydroxyl groups is 1. The second kappa shape index (κ2) is 14.9. The van der Waals surface area contributed by atoms with Crippen LogP contribution in [0.5, 0.6) is 0 Å². The second-order valence-electron chi connectivity index (χ2n) is 5.68. The lowest BCUT2D eigenvalue weighted by atomic mass is 10.0. The predicted octanol–water partition coefficient (Wildman–Crippen LogP) is 2.99. The van der Waals surface area contributed by atoms with Gasteiger partial charge in [0.05, 0.1) is 12.2 Å². The molecule has 0 saturated carbocycles. The van der Waals surface area contributed by atoms with E-state index in [0.29, 0.717) is 6.42 Å². The maximum atomic E-state index is 10.2. The van der Waals surface area contributed by atoms with Gasteiger partial charge in [-0.15, -0.1) is 25.2 Å². The Kier molecular flexibility index (Phi) is 13.8. The smallest absolute Gasteiger partial charge is 0.322 e. The van der Waals surface area contributed by atoms with Gasteiger partial charge in [0, 0.05) is 0 Å². The van der Waals surface area contributed by atoms with Crippen LogP contribution >= 0.6 is 0 Å². The zero-order valence-corrected chi connectivity index (χ0v) is 14.1. The molecule has 0 amide bonds. The van der Waals surface area contributed by atoms with Gasteiger partial charge in [0.15, 0.2) is 0 Å². The molecule has 0 aliphatic heterocycles. The van der Waals surface area contributed by atoms with Gasteiger partial charge in [-0.3, -0.25) is 0 Å². The first-order valence-corrected chi connectivity index (χ1v) is 8.38. The molecule has 0 fully saturated rings. The summed E-state index contributed by atoms with van der Waals surface area (Å²) < 4.78 is 0. The molecule has 10 nitrogen and oxygen atoms in total. The van der Waals surface area contributed by atoms with Crippen molar-refractivity contribution in [1.82, 2.24) is 0 Å². The fraction of sp³-hybridized carbons (Fsp3) is 1.00. The van der Waals surface area contributed by atoms with Crippen LogP contribution in [0.1, 0.15) is 71.1 Å². The van der Waals surface area contributed by atoms with Crippen molar-refractivity contribution in [3.8, 4) is 0 Å². The highest BCUT2D eigenvalue weighted by molar-refractivity contribution is 4.62. The molecule has 0 aromatic carbocycles. The maximum absolute atomic E-state index is 10.2. The molecular formula is C14H28N2O8. The minimum atomic E-state index is -1.04. The van der Waals surface area contributed by atoms with E-state index < -0.39 is 29.0 Å². The fourth-order valence-electron chi connectivity index (χ4n) is 2.27. The first-order chi connectivity index (χ1) is 11.5. The zero-order chi connectivity index (χ0) is 18.2. The Morgan fingerprint density at radius 2 is 1.54 bits per heavy atom. The van der Waals surface area contributed by atoms with Crippen LogP contribution < -0.4 is 0 Å². The standard InChI is InChI=1S/C14H28N2O8/c1-2-3-4-5-6-7-8-9-14(23-24-16(20)21)11-10-13(17)12-22-15(18)19/h13-14,17H,2-12H2,1H3. The van der Waals surface area contributed by atoms with Crippen LogP contribution in [0, 0.1) is 20.2 Å². The molecule has 0 aromatic heterocycles. The average Bonchev–Trinajstić information content (AvgIpc) is 2.53. The zero-order valence-electron chi connectivity index (χ0n) is 14.1. The molecular weight excluding hydrogens is 324 g/mol. The Morgan fingerprint density at radius 1 is 0.917 bits per heavy atom. The molecule has 0 radical (unpaired) electrons. The topological polar surface area (TPSA) is 134 Å². The molecule has 0 spiro atoms. The Hall–Kier alpha value is -1.68. The Labute approximate surface area is 141 Å². The normalized spacial score (nSPS) is 13.2. The third-order valence-electron chi connectivity index (χ3n) is 3.56. The number of unbranched alkanes of at least 4 members (excludes halogenated alkanes) is 6. The quantitative estimate of drug-likeness (QED) is 0.183. The van der Waals surface area contributed by atoms with E-state index in [1.54, 1.807) is 0 Å². The molecule has 10 heteroatoms. The lowest BCUT2D eigenvalue weighted by Gasteiger charge is -2.16. The largest absolute Gasteiger partial charge is 0.391 e. The number of hydrogen-bond acceptors (Lipinski definition) is 8. The number of hydrogen-bond donors (Lipinski definition) is 1. The van der Waals surface area contributed by atoms with E-state index in [1.807, 2.05) is 0 Å². The third kappa shape index (κ3) is 15.2. The number of nitrogens with zero attached hydrogens (tertiary/aromatic N) is 2. The molecule has 0 aliphatic carbocycles. The minimum absolute atomic E-state index is 0.163. The fourth-order valence-corrected chi connectivity index (χ4v) is 2.27. The van der Waals surface area contributed by atoms with Gasteiger partial charge in [0.2, 0.25) is 0 Å². The molecule has 0 aliphatic rings. The van der Waals surface area contributed by atoms with Crippen molar-refractivity contribution in [2.75, 3.05) is 6.61 Å². The number of rotatable bonds is 17. The van der Waals surface area contributed by atoms with E-state index in [9.17, 15) is 25.3 Å². The van der Waals surface area contributed by atoms with Crippen LogP contribution in [0.15, 0.2) is 0 Å². The lowest BCUT2D eigenvalue weighted by molar-refractivity contribution is -0.855. The van der Waals surface area contributed by atoms with Crippen LogP contribution in [0.25, 0.3) is 0 Å². The third-order valence-corrected chi connectivity index (χ3v) is 3.56. The van der Waals surface area contributed by atoms with Crippen LogP contribution in [-0.2, 0) is 14.7 Å². The van der Waals surface area contributed by atoms with Gasteiger partial charge in [-0.05, 0) is 19.3 Å². The van der Waals surface area contributed by atoms with E-state index in [4.69, 9.17) is 4.89 Å². The summed E-state index contributed by atoms with van der Waals surface area (Å²) >= 11 is 0. The van der Waals surface area contributed by atoms with Crippen molar-refractivity contribution in [3.05, 3.63) is 20.2 Å². The summed E-state index contributed by atoms with van der Waals surface area (Å²) in [6, 6.07) is 0. The van der Waals surface area contributed by atoms with E-state index in [0.717, 1.165) is 19.3 Å². The summed E-state index contributed by atoms with van der Waals surface area (Å²) in [6.07, 6.45) is 7.15. The van der Waals surface area contributed by atoms with Crippen LogP contribution in [-0.4, -0.2) is 34.1 Å². The summed E-state index contributed by atoms with van der Waals surface area (Å²) in [7, 11) is 0. The van der Waals surface area contributed by atoms with Crippen molar-refractivity contribution in [2.45, 2.75) is 83.3 Å². The number of aliphatic hydroxyl groups excluding tert-OH is 1. The van der Waals surface area contributed by atoms with Crippen molar-refractivity contribution in [1.29, 1.82) is 0 Å². The van der Waals surface area contributed by atoms with E-state index in [-0.39, 0.29) is 12.8 Å². The van der Waals surface area contributed by atoms with E-state index in [1.165, 1.54) is 25.7 Å². The van der Waals surface area contributed by atoms with E-state index in [2.05, 4.69) is 16.7 Å². The van der Waals surface area contributed by atoms with Crippen LogP contribution in [0.2, 0.25) is 0 Å². The van der Waals surface area contributed by atoms with Crippen molar-refractivity contribution in [3.63, 3.8) is 0 Å². The summed E-state index contributed by atoms with van der Waals surface area (Å²) in [4.78, 5) is 33.0. The van der Waals surface area contributed by atoms with Gasteiger partial charge in [0.1, 0.15) is 6.61 Å². The van der Waals surface area contributed by atoms with Gasteiger partial charge < -0.3 is 9.94 Å². The molecule has 2 atom stereocenters. The molecule has 0 heterocycles. The Bertz CT molecular complexity index is 343. The molecule has 1 N–H and O–H groups in total. The average molecular weight is 352 g/mol. The van der Waals surface area contributed by atoms with Crippen molar-refractivity contribution >= 4 is 0 Å². The van der Waals surface area contributed by atoms with Crippen molar-refractivity contribution in [2.24, 2.45) is 0 Å². The monoisotopic (exact) mass is 352 g/mol. The predicted molar refractivity (Wildman–Crippen MR) is 83.7 cm³/mol. The van der Waals surface area contributed by atoms with Gasteiger partial charge in [-0.2, -0.15) is 4.89 Å². The van der Waals surface area contributed by atoms with Gasteiger partial charge in [-0.1, -0.05) is 51.9 Å². The van der Waals surface area contributed by atoms with Gasteiger partial charge in [-0.25, -0.2) is 0 Å². The molecule has 2 unspecified atom stereocenters. The second-order valence-corrected chi connectivity index (χ2v) is 5.68. The maximum Gasteiger partial charge on any atom is 0.322 e. The molecule has 0 rings (SSSR count). The highest BCUT2D eigenvalue weighted by Crippen LogP contribution is 2.16. The Morgan fingerprint density at radius 3 is 2.12 bits per heavy atom. The van der Waals surface area contributed by atoms with Crippen LogP contribution in [0.4, 0.5) is 0 Å². The highest BCUT2D eigenvalue weighted by atomic mass is 17.3. The van der Waals surface area contributed by atoms with E-state index >= 15 is 0 Å². The van der Waals surface area contributed by atoms with Gasteiger partial charge >= 0.3 is 5.09 Å². The molecule has 0 bridgehead atoms. The minimum Gasteiger partial charge on any atom is -0.391 e. The molecule has 24 heavy (non-hydrogen) atoms. The van der Waals surface area contributed by atoms with Crippen molar-refractivity contribution < 1.29 is 30.0 Å². The molecule has 142 valence electrons. The highest BCUT2D eigenvalue weighted by Gasteiger charge is 2.16. The molecule has 0 saturated heterocycles. The lowest BCUT2D eigenvalue weighted by Crippen LogP contribution is -2.22. The summed E-state index contributed by atoms with van der Waals surface area (Å²) in [6.45, 7) is 1.72. The summed E-state index contributed by atoms with van der Waals surface area (Å²) in [5.41, 5.74) is 0. The Balaban J connectivity index is 3.95. The SMILES string of the molecule is CCCCCCCCCC(CCC(O)CO[N+](=O)[O-])OO[N+](=O)[O-]. The first-order valence-electron chi connectivity index (χ1n) is 8.38. The molecule has 0 aromatic rings. The summed E-state index contributed by atoms with van der Waals surface area (Å²) in [5, 5.41) is 27.8. The van der Waals surface area contributed by atoms with Crippen LogP contribution in [0.3, 0.4) is 0 Å².